The molecule has 0 atom stereocenters. The van der Waals surface area contributed by atoms with Gasteiger partial charge in [0.05, 0.1) is 44.1 Å². The van der Waals surface area contributed by atoms with E-state index in [9.17, 15) is 0 Å². The van der Waals surface area contributed by atoms with E-state index in [0.29, 0.717) is 0 Å². The van der Waals surface area contributed by atoms with Crippen molar-refractivity contribution in [1.29, 1.82) is 0 Å². The monoisotopic (exact) mass is 966 g/mol. The van der Waals surface area contributed by atoms with Crippen LogP contribution in [0, 0.1) is 0 Å². The summed E-state index contributed by atoms with van der Waals surface area (Å²) in [6, 6.07) is 103. The first-order valence-corrected chi connectivity index (χ1v) is 26.2. The van der Waals surface area contributed by atoms with Crippen molar-refractivity contribution in [3.05, 3.63) is 279 Å². The highest BCUT2D eigenvalue weighted by molar-refractivity contribution is 6.15. The van der Waals surface area contributed by atoms with Crippen molar-refractivity contribution in [3.8, 4) is 56.1 Å². The predicted octanol–water partition coefficient (Wildman–Crippen LogP) is 19.1. The van der Waals surface area contributed by atoms with Crippen molar-refractivity contribution in [2.24, 2.45) is 0 Å². The molecule has 0 bridgehead atoms. The lowest BCUT2D eigenvalue weighted by Crippen LogP contribution is -1.97. The predicted molar refractivity (Wildman–Crippen MR) is 320 cm³/mol. The molecule has 4 heterocycles. The summed E-state index contributed by atoms with van der Waals surface area (Å²) in [6.07, 6.45) is 0. The van der Waals surface area contributed by atoms with Gasteiger partial charge in [0.25, 0.3) is 0 Å². The number of hydrogen-bond acceptors (Lipinski definition) is 0. The highest BCUT2D eigenvalue weighted by Gasteiger charge is 2.21. The lowest BCUT2D eigenvalue weighted by molar-refractivity contribution is 1.15. The number of rotatable bonds is 7. The lowest BCUT2D eigenvalue weighted by atomic mass is 10.0. The maximum absolute atomic E-state index is 2.45. The van der Waals surface area contributed by atoms with Gasteiger partial charge in [-0.05, 0) is 130 Å². The summed E-state index contributed by atoms with van der Waals surface area (Å²) in [5, 5.41) is 9.86. The molecule has 0 aliphatic rings. The first-order chi connectivity index (χ1) is 37.7. The Labute approximate surface area is 438 Å². The van der Waals surface area contributed by atoms with Crippen molar-refractivity contribution < 1.29 is 0 Å². The molecule has 0 unspecified atom stereocenters. The molecule has 76 heavy (non-hydrogen) atoms. The van der Waals surface area contributed by atoms with E-state index >= 15 is 0 Å². The summed E-state index contributed by atoms with van der Waals surface area (Å²) < 4.78 is 9.75. The summed E-state index contributed by atoms with van der Waals surface area (Å²) >= 11 is 0. The van der Waals surface area contributed by atoms with E-state index in [0.717, 1.165) is 33.8 Å². The van der Waals surface area contributed by atoms with Gasteiger partial charge in [-0.1, -0.05) is 182 Å². The van der Waals surface area contributed by atoms with Gasteiger partial charge in [-0.25, -0.2) is 0 Å². The van der Waals surface area contributed by atoms with E-state index < -0.39 is 0 Å². The average molecular weight is 967 g/mol. The molecule has 4 heteroatoms. The molecule has 0 N–H and O–H groups in total. The second-order valence-electron chi connectivity index (χ2n) is 20.1. The number of benzene rings is 12. The first kappa shape index (κ1) is 42.4. The highest BCUT2D eigenvalue weighted by Crippen LogP contribution is 2.42. The highest BCUT2D eigenvalue weighted by atomic mass is 15.0. The fourth-order valence-corrected chi connectivity index (χ4v) is 12.5. The molecular weight excluding hydrogens is 921 g/mol. The van der Waals surface area contributed by atoms with Gasteiger partial charge in [-0.15, -0.1) is 0 Å². The summed E-state index contributed by atoms with van der Waals surface area (Å²) in [7, 11) is 0. The van der Waals surface area contributed by atoms with Gasteiger partial charge in [-0.2, -0.15) is 0 Å². The first-order valence-electron chi connectivity index (χ1n) is 26.2. The molecule has 0 aliphatic carbocycles. The van der Waals surface area contributed by atoms with Crippen LogP contribution in [0.2, 0.25) is 0 Å². The summed E-state index contributed by atoms with van der Waals surface area (Å²) in [5.41, 5.74) is 21.1. The quantitative estimate of drug-likeness (QED) is 0.152. The maximum Gasteiger partial charge on any atom is 0.0561 e. The maximum atomic E-state index is 2.45. The van der Waals surface area contributed by atoms with Crippen LogP contribution in [-0.4, -0.2) is 18.3 Å². The average Bonchev–Trinajstić information content (AvgIpc) is 4.26. The van der Waals surface area contributed by atoms with Gasteiger partial charge in [-0.3, -0.25) is 0 Å². The zero-order chi connectivity index (χ0) is 49.8. The molecule has 4 nitrogen and oxygen atoms in total. The fourth-order valence-electron chi connectivity index (χ4n) is 12.5. The minimum absolute atomic E-state index is 1.12. The molecule has 0 saturated heterocycles. The lowest BCUT2D eigenvalue weighted by Gasteiger charge is -2.12. The third-order valence-corrected chi connectivity index (χ3v) is 16.0. The molecule has 12 aromatic carbocycles. The Kier molecular flexibility index (Phi) is 9.30. The topological polar surface area (TPSA) is 19.7 Å². The Hall–Kier alpha value is -10.2. The third kappa shape index (κ3) is 6.44. The van der Waals surface area contributed by atoms with Crippen LogP contribution < -0.4 is 0 Å². The van der Waals surface area contributed by atoms with Crippen LogP contribution in [0.25, 0.3) is 143 Å². The SMILES string of the molecule is c1ccc(-c2ccc(-n3c4ccc(-c5ccc6c(c5)c5ccc(-n7c8ccccc8c8ccccc87)cc5n6-c5ccc(-c6ccccc6)cc5)cc4c4ccc(-n5c6ccccc6c6ccccc65)cc43)cc2)cc1. The normalized spacial score (nSPS) is 11.9. The minimum Gasteiger partial charge on any atom is -0.309 e. The van der Waals surface area contributed by atoms with Gasteiger partial charge in [0.1, 0.15) is 0 Å². The van der Waals surface area contributed by atoms with Crippen molar-refractivity contribution >= 4 is 87.2 Å². The molecule has 0 spiro atoms. The Morgan fingerprint density at radius 2 is 0.408 bits per heavy atom. The Balaban J connectivity index is 0.887. The molecule has 0 radical (unpaired) electrons. The fraction of sp³-hybridized carbons (Fsp3) is 0. The summed E-state index contributed by atoms with van der Waals surface area (Å²) in [6.45, 7) is 0. The van der Waals surface area contributed by atoms with Crippen LogP contribution in [0.15, 0.2) is 279 Å². The van der Waals surface area contributed by atoms with Crippen molar-refractivity contribution in [2.75, 3.05) is 0 Å². The second kappa shape index (κ2) is 16.7. The molecule has 354 valence electrons. The van der Waals surface area contributed by atoms with Crippen LogP contribution in [-0.2, 0) is 0 Å². The van der Waals surface area contributed by atoms with Crippen molar-refractivity contribution in [2.45, 2.75) is 0 Å². The van der Waals surface area contributed by atoms with Crippen LogP contribution >= 0.6 is 0 Å². The number of aromatic nitrogens is 4. The molecule has 0 aliphatic heterocycles. The van der Waals surface area contributed by atoms with Gasteiger partial charge in [0.2, 0.25) is 0 Å². The third-order valence-electron chi connectivity index (χ3n) is 16.0. The van der Waals surface area contributed by atoms with E-state index in [1.54, 1.807) is 0 Å². The zero-order valence-electron chi connectivity index (χ0n) is 41.3. The second-order valence-corrected chi connectivity index (χ2v) is 20.1. The van der Waals surface area contributed by atoms with E-state index in [4.69, 9.17) is 0 Å². The van der Waals surface area contributed by atoms with Gasteiger partial charge >= 0.3 is 0 Å². The number of hydrogen-bond donors (Lipinski definition) is 0. The molecule has 16 rings (SSSR count). The minimum atomic E-state index is 1.12. The standard InChI is InChI=1S/C72H46N4/c1-3-15-47(16-4-1)49-27-33-53(34-28-49)73-69-41-31-51(43-63(69)61-39-37-55(45-71(61)73)75-65-23-11-7-19-57(65)58-20-8-12-24-66(58)75)52-32-42-70-64(44-52)62-40-38-56(76-67-25-13-9-21-59(67)60-22-10-14-26-68(60)76)46-72(62)74(70)54-35-29-50(30-36-54)48-17-5-2-6-18-48/h1-46H. The number of para-hydroxylation sites is 4. The largest absolute Gasteiger partial charge is 0.309 e. The summed E-state index contributed by atoms with van der Waals surface area (Å²) in [5.74, 6) is 0. The van der Waals surface area contributed by atoms with Gasteiger partial charge < -0.3 is 18.3 Å². The van der Waals surface area contributed by atoms with Gasteiger partial charge in [0.15, 0.2) is 0 Å². The summed E-state index contributed by atoms with van der Waals surface area (Å²) in [4.78, 5) is 0. The zero-order valence-corrected chi connectivity index (χ0v) is 41.3. The number of nitrogens with zero attached hydrogens (tertiary/aromatic N) is 4. The van der Waals surface area contributed by atoms with Crippen LogP contribution in [0.5, 0.6) is 0 Å². The molecule has 4 aromatic heterocycles. The van der Waals surface area contributed by atoms with Crippen molar-refractivity contribution in [3.63, 3.8) is 0 Å². The molecular formula is C72H46N4. The van der Waals surface area contributed by atoms with Gasteiger partial charge in [0, 0.05) is 65.8 Å². The Bertz CT molecular complexity index is 4530. The van der Waals surface area contributed by atoms with Crippen LogP contribution in [0.4, 0.5) is 0 Å². The smallest absolute Gasteiger partial charge is 0.0561 e. The Morgan fingerprint density at radius 3 is 0.776 bits per heavy atom. The van der Waals surface area contributed by atoms with E-state index in [2.05, 4.69) is 297 Å². The van der Waals surface area contributed by atoms with E-state index in [1.165, 1.54) is 110 Å². The van der Waals surface area contributed by atoms with Crippen molar-refractivity contribution in [1.82, 2.24) is 18.3 Å². The van der Waals surface area contributed by atoms with E-state index in [1.807, 2.05) is 0 Å². The number of fused-ring (bicyclic) bond motifs is 12. The Morgan fingerprint density at radius 1 is 0.145 bits per heavy atom. The molecule has 0 amide bonds. The van der Waals surface area contributed by atoms with E-state index in [-0.39, 0.29) is 0 Å². The van der Waals surface area contributed by atoms with Crippen LogP contribution in [0.3, 0.4) is 0 Å². The molecule has 0 fully saturated rings. The van der Waals surface area contributed by atoms with Crippen LogP contribution in [0.1, 0.15) is 0 Å². The molecule has 0 saturated carbocycles. The molecule has 16 aromatic rings.